The molecule has 0 heterocycles. The van der Waals surface area contributed by atoms with Crippen LogP contribution in [0.2, 0.25) is 0 Å². The molecule has 2 N–H and O–H groups in total. The Hall–Kier alpha value is -2.90. The summed E-state index contributed by atoms with van der Waals surface area (Å²) in [6.07, 6.45) is -1.03. The number of benzene rings is 1. The van der Waals surface area contributed by atoms with Crippen LogP contribution in [0.1, 0.15) is 69.1 Å². The summed E-state index contributed by atoms with van der Waals surface area (Å²) < 4.78 is 9.96. The van der Waals surface area contributed by atoms with Crippen molar-refractivity contribution in [3.63, 3.8) is 0 Å². The highest BCUT2D eigenvalue weighted by atomic mass is 16.5. The van der Waals surface area contributed by atoms with Crippen LogP contribution in [-0.2, 0) is 9.47 Å². The van der Waals surface area contributed by atoms with E-state index in [1.165, 1.54) is 0 Å². The summed E-state index contributed by atoms with van der Waals surface area (Å²) in [7, 11) is 0. The molecule has 130 valence electrons. The highest BCUT2D eigenvalue weighted by Crippen LogP contribution is 2.21. The van der Waals surface area contributed by atoms with Gasteiger partial charge < -0.3 is 19.7 Å². The summed E-state index contributed by atoms with van der Waals surface area (Å²) in [6, 6.07) is 1.63. The summed E-state index contributed by atoms with van der Waals surface area (Å²) in [5, 5.41) is 18.3. The molecule has 1 aromatic carbocycles. The standard InChI is InChI=1S/C16H18O8/c1-7(2)23-15(21)11-5-9(13(17)18)10(14(19)20)6-12(11)16(22)24-8(3)4/h5-8H,1-4H3,(H,17,18)(H,19,20). The molecule has 0 aromatic heterocycles. The number of rotatable bonds is 6. The minimum Gasteiger partial charge on any atom is -0.478 e. The van der Waals surface area contributed by atoms with Crippen LogP contribution >= 0.6 is 0 Å². The molecule has 0 aliphatic rings. The quantitative estimate of drug-likeness (QED) is 0.756. The third kappa shape index (κ3) is 4.55. The Kier molecular flexibility index (Phi) is 6.05. The molecule has 24 heavy (non-hydrogen) atoms. The molecule has 0 spiro atoms. The topological polar surface area (TPSA) is 127 Å². The average molecular weight is 338 g/mol. The van der Waals surface area contributed by atoms with Crippen molar-refractivity contribution >= 4 is 23.9 Å². The predicted molar refractivity (Wildman–Crippen MR) is 81.5 cm³/mol. The minimum absolute atomic E-state index is 0.364. The van der Waals surface area contributed by atoms with Gasteiger partial charge in [-0.15, -0.1) is 0 Å². The molecule has 0 unspecified atom stereocenters. The van der Waals surface area contributed by atoms with Gasteiger partial charge in [-0.3, -0.25) is 0 Å². The van der Waals surface area contributed by atoms with E-state index in [0.717, 1.165) is 12.1 Å². The second kappa shape index (κ2) is 7.58. The van der Waals surface area contributed by atoms with Gasteiger partial charge >= 0.3 is 23.9 Å². The lowest BCUT2D eigenvalue weighted by Crippen LogP contribution is -2.21. The predicted octanol–water partition coefficient (Wildman–Crippen LogP) is 2.21. The van der Waals surface area contributed by atoms with E-state index in [0.29, 0.717) is 0 Å². The van der Waals surface area contributed by atoms with Crippen LogP contribution in [0.3, 0.4) is 0 Å². The Morgan fingerprint density at radius 3 is 1.21 bits per heavy atom. The molecule has 0 aliphatic carbocycles. The number of carbonyl (C=O) groups excluding carboxylic acids is 2. The maximum absolute atomic E-state index is 12.2. The van der Waals surface area contributed by atoms with E-state index >= 15 is 0 Å². The fraction of sp³-hybridized carbons (Fsp3) is 0.375. The summed E-state index contributed by atoms with van der Waals surface area (Å²) in [6.45, 7) is 6.31. The molecule has 8 heteroatoms. The van der Waals surface area contributed by atoms with Crippen molar-refractivity contribution in [1.82, 2.24) is 0 Å². The number of hydrogen-bond acceptors (Lipinski definition) is 6. The smallest absolute Gasteiger partial charge is 0.339 e. The van der Waals surface area contributed by atoms with Crippen LogP contribution in [0, 0.1) is 0 Å². The Morgan fingerprint density at radius 2 is 1.00 bits per heavy atom. The second-order valence-corrected chi connectivity index (χ2v) is 5.46. The number of esters is 2. The summed E-state index contributed by atoms with van der Waals surface area (Å²) in [5.74, 6) is -4.98. The number of aromatic carboxylic acids is 2. The van der Waals surface area contributed by atoms with Gasteiger partial charge in [0, 0.05) is 0 Å². The first-order chi connectivity index (χ1) is 11.0. The van der Waals surface area contributed by atoms with Gasteiger partial charge in [0.15, 0.2) is 0 Å². The van der Waals surface area contributed by atoms with Crippen LogP contribution in [-0.4, -0.2) is 46.3 Å². The van der Waals surface area contributed by atoms with Crippen molar-refractivity contribution in [3.05, 3.63) is 34.4 Å². The van der Waals surface area contributed by atoms with Crippen molar-refractivity contribution in [1.29, 1.82) is 0 Å². The van der Waals surface area contributed by atoms with E-state index in [-0.39, 0.29) is 11.1 Å². The van der Waals surface area contributed by atoms with Crippen LogP contribution in [0.15, 0.2) is 12.1 Å². The van der Waals surface area contributed by atoms with E-state index < -0.39 is 47.2 Å². The summed E-state index contributed by atoms with van der Waals surface area (Å²) in [5.41, 5.74) is -1.98. The van der Waals surface area contributed by atoms with Gasteiger partial charge in [-0.2, -0.15) is 0 Å². The first kappa shape index (κ1) is 19.1. The molecule has 0 bridgehead atoms. The number of carboxylic acid groups (broad SMARTS) is 2. The molecular formula is C16H18O8. The lowest BCUT2D eigenvalue weighted by atomic mass is 9.98. The van der Waals surface area contributed by atoms with Gasteiger partial charge in [-0.25, -0.2) is 19.2 Å². The van der Waals surface area contributed by atoms with Crippen LogP contribution in [0.25, 0.3) is 0 Å². The molecule has 0 aliphatic heterocycles. The van der Waals surface area contributed by atoms with E-state index in [9.17, 15) is 19.2 Å². The zero-order chi connectivity index (χ0) is 18.6. The Bertz CT molecular complexity index is 629. The Morgan fingerprint density at radius 1 is 0.708 bits per heavy atom. The number of carboxylic acids is 2. The van der Waals surface area contributed by atoms with Crippen molar-refractivity contribution < 1.29 is 38.9 Å². The largest absolute Gasteiger partial charge is 0.478 e. The Balaban J connectivity index is 3.59. The van der Waals surface area contributed by atoms with E-state index in [1.54, 1.807) is 27.7 Å². The number of ether oxygens (including phenoxy) is 2. The molecule has 8 nitrogen and oxygen atoms in total. The van der Waals surface area contributed by atoms with E-state index in [2.05, 4.69) is 0 Å². The first-order valence-corrected chi connectivity index (χ1v) is 7.11. The lowest BCUT2D eigenvalue weighted by molar-refractivity contribution is 0.0327. The van der Waals surface area contributed by atoms with E-state index in [1.807, 2.05) is 0 Å². The van der Waals surface area contributed by atoms with Crippen LogP contribution < -0.4 is 0 Å². The molecule has 1 aromatic rings. The number of hydrogen-bond donors (Lipinski definition) is 2. The molecule has 0 amide bonds. The molecule has 0 saturated carbocycles. The fourth-order valence-corrected chi connectivity index (χ4v) is 1.85. The van der Waals surface area contributed by atoms with Crippen molar-refractivity contribution in [3.8, 4) is 0 Å². The van der Waals surface area contributed by atoms with Crippen molar-refractivity contribution in [2.45, 2.75) is 39.9 Å². The second-order valence-electron chi connectivity index (χ2n) is 5.46. The molecule has 0 radical (unpaired) electrons. The van der Waals surface area contributed by atoms with Gasteiger partial charge in [0.05, 0.1) is 34.5 Å². The molecule has 1 rings (SSSR count). The van der Waals surface area contributed by atoms with E-state index in [4.69, 9.17) is 19.7 Å². The average Bonchev–Trinajstić information content (AvgIpc) is 2.43. The van der Waals surface area contributed by atoms with Gasteiger partial charge in [-0.1, -0.05) is 0 Å². The maximum Gasteiger partial charge on any atom is 0.339 e. The summed E-state index contributed by atoms with van der Waals surface area (Å²) in [4.78, 5) is 46.8. The molecule has 0 atom stereocenters. The zero-order valence-electron chi connectivity index (χ0n) is 13.7. The van der Waals surface area contributed by atoms with Crippen molar-refractivity contribution in [2.24, 2.45) is 0 Å². The normalized spacial score (nSPS) is 10.6. The fourth-order valence-electron chi connectivity index (χ4n) is 1.85. The van der Waals surface area contributed by atoms with Crippen molar-refractivity contribution in [2.75, 3.05) is 0 Å². The van der Waals surface area contributed by atoms with Gasteiger partial charge in [-0.05, 0) is 39.8 Å². The third-order valence-corrected chi connectivity index (χ3v) is 2.74. The van der Waals surface area contributed by atoms with Gasteiger partial charge in [0.2, 0.25) is 0 Å². The van der Waals surface area contributed by atoms with Crippen LogP contribution in [0.4, 0.5) is 0 Å². The zero-order valence-corrected chi connectivity index (χ0v) is 13.7. The SMILES string of the molecule is CC(C)OC(=O)c1cc(C(=O)O)c(C(=O)O)cc1C(=O)OC(C)C. The molecular weight excluding hydrogens is 320 g/mol. The maximum atomic E-state index is 12.2. The first-order valence-electron chi connectivity index (χ1n) is 7.11. The van der Waals surface area contributed by atoms with Gasteiger partial charge in [0.25, 0.3) is 0 Å². The number of carbonyl (C=O) groups is 4. The molecule has 0 fully saturated rings. The Labute approximate surface area is 138 Å². The third-order valence-electron chi connectivity index (χ3n) is 2.74. The van der Waals surface area contributed by atoms with Gasteiger partial charge in [0.1, 0.15) is 0 Å². The highest BCUT2D eigenvalue weighted by molar-refractivity contribution is 6.09. The minimum atomic E-state index is -1.55. The monoisotopic (exact) mass is 338 g/mol. The summed E-state index contributed by atoms with van der Waals surface area (Å²) >= 11 is 0. The lowest BCUT2D eigenvalue weighted by Gasteiger charge is -2.15. The van der Waals surface area contributed by atoms with Crippen LogP contribution in [0.5, 0.6) is 0 Å². The highest BCUT2D eigenvalue weighted by Gasteiger charge is 2.27. The molecule has 0 saturated heterocycles.